The molecule has 29 heavy (non-hydrogen) atoms. The summed E-state index contributed by atoms with van der Waals surface area (Å²) in [4.78, 5) is 5.40. The number of rotatable bonds is 4. The van der Waals surface area contributed by atoms with Crippen molar-refractivity contribution in [2.75, 3.05) is 26.3 Å². The van der Waals surface area contributed by atoms with Gasteiger partial charge >= 0.3 is 6.18 Å². The number of nitrogens with two attached hydrogens (primary N) is 1. The number of pyridine rings is 1. The van der Waals surface area contributed by atoms with Crippen molar-refractivity contribution in [1.82, 2.24) is 9.88 Å². The number of fused-ring (bicyclic) bond motifs is 1. The minimum atomic E-state index is -4.62. The molecule has 2 N–H and O–H groups in total. The second-order valence-electron chi connectivity index (χ2n) is 9.10. The third-order valence-electron chi connectivity index (χ3n) is 6.42. The number of sulfone groups is 1. The van der Waals surface area contributed by atoms with E-state index in [0.717, 1.165) is 18.6 Å². The number of nitrogens with zero attached hydrogens (tertiary/aromatic N) is 2. The maximum Gasteiger partial charge on any atom is 0.433 e. The summed E-state index contributed by atoms with van der Waals surface area (Å²) < 4.78 is 71.5. The van der Waals surface area contributed by atoms with Gasteiger partial charge < -0.3 is 10.5 Å². The van der Waals surface area contributed by atoms with E-state index in [1.165, 1.54) is 6.92 Å². The molecule has 1 saturated carbocycles. The molecule has 2 saturated heterocycles. The van der Waals surface area contributed by atoms with Crippen LogP contribution in [0.4, 0.5) is 13.2 Å². The molecule has 3 fully saturated rings. The molecular weight excluding hydrogens is 407 g/mol. The van der Waals surface area contributed by atoms with Gasteiger partial charge in [-0.05, 0) is 43.7 Å². The molecule has 4 atom stereocenters. The standard InChI is InChI=1S/C19H26F3N3O3S/c1-11-15(3-4-16(24-11)19(20,21)22)29(26,27)17-14-6-13(23)5-12(14)7-25(17)8-18(2)9-28-10-18/h3-4,12-14,17H,5-10,23H2,1-2H3/t12-,13+,14+,17+/m1/s1. The Labute approximate surface area is 168 Å². The molecular formula is C19H26F3N3O3S. The highest BCUT2D eigenvalue weighted by Crippen LogP contribution is 2.47. The minimum Gasteiger partial charge on any atom is -0.380 e. The molecule has 2 aliphatic heterocycles. The number of hydrogen-bond donors (Lipinski definition) is 1. The van der Waals surface area contributed by atoms with Crippen LogP contribution in [0, 0.1) is 24.2 Å². The molecule has 0 aromatic carbocycles. The van der Waals surface area contributed by atoms with Gasteiger partial charge in [-0.15, -0.1) is 0 Å². The molecule has 1 aromatic rings. The van der Waals surface area contributed by atoms with E-state index in [-0.39, 0.29) is 33.9 Å². The van der Waals surface area contributed by atoms with Gasteiger partial charge in [0.15, 0.2) is 9.84 Å². The van der Waals surface area contributed by atoms with Crippen LogP contribution in [-0.2, 0) is 20.8 Å². The topological polar surface area (TPSA) is 85.5 Å². The number of aromatic nitrogens is 1. The van der Waals surface area contributed by atoms with Crippen LogP contribution < -0.4 is 5.73 Å². The predicted molar refractivity (Wildman–Crippen MR) is 99.6 cm³/mol. The number of ether oxygens (including phenoxy) is 1. The van der Waals surface area contributed by atoms with Crippen LogP contribution in [-0.4, -0.2) is 56.0 Å². The van der Waals surface area contributed by atoms with Gasteiger partial charge in [0.05, 0.1) is 23.8 Å². The molecule has 10 heteroatoms. The molecule has 0 spiro atoms. The quantitative estimate of drug-likeness (QED) is 0.784. The van der Waals surface area contributed by atoms with Gasteiger partial charge in [-0.1, -0.05) is 6.92 Å². The van der Waals surface area contributed by atoms with E-state index in [0.29, 0.717) is 32.7 Å². The zero-order chi connectivity index (χ0) is 21.2. The van der Waals surface area contributed by atoms with Crippen LogP contribution in [0.25, 0.3) is 0 Å². The summed E-state index contributed by atoms with van der Waals surface area (Å²) in [5.41, 5.74) is 4.79. The summed E-state index contributed by atoms with van der Waals surface area (Å²) in [5.74, 6) is 0.0540. The lowest BCUT2D eigenvalue weighted by molar-refractivity contribution is -0.141. The van der Waals surface area contributed by atoms with E-state index in [4.69, 9.17) is 10.5 Å². The highest BCUT2D eigenvalue weighted by molar-refractivity contribution is 7.92. The lowest BCUT2D eigenvalue weighted by atomic mass is 9.88. The smallest absolute Gasteiger partial charge is 0.380 e. The molecule has 3 heterocycles. The predicted octanol–water partition coefficient (Wildman–Crippen LogP) is 2.21. The van der Waals surface area contributed by atoms with Gasteiger partial charge in [0.1, 0.15) is 11.1 Å². The molecule has 0 bridgehead atoms. The van der Waals surface area contributed by atoms with Gasteiger partial charge in [-0.3, -0.25) is 4.90 Å². The maximum atomic E-state index is 13.6. The summed E-state index contributed by atoms with van der Waals surface area (Å²) >= 11 is 0. The first-order valence-electron chi connectivity index (χ1n) is 9.77. The van der Waals surface area contributed by atoms with Crippen LogP contribution in [0.1, 0.15) is 31.2 Å². The molecule has 1 aliphatic carbocycles. The summed E-state index contributed by atoms with van der Waals surface area (Å²) in [6.07, 6.45) is -3.25. The number of alkyl halides is 3. The Morgan fingerprint density at radius 1 is 1.31 bits per heavy atom. The van der Waals surface area contributed by atoms with Crippen molar-refractivity contribution in [2.45, 2.75) is 49.2 Å². The van der Waals surface area contributed by atoms with Crippen molar-refractivity contribution < 1.29 is 26.3 Å². The fourth-order valence-corrected chi connectivity index (χ4v) is 7.51. The molecule has 6 nitrogen and oxygen atoms in total. The normalized spacial score (nSPS) is 32.2. The van der Waals surface area contributed by atoms with Crippen LogP contribution in [0.3, 0.4) is 0 Å². The van der Waals surface area contributed by atoms with Gasteiger partial charge in [0, 0.05) is 24.5 Å². The molecule has 0 radical (unpaired) electrons. The zero-order valence-electron chi connectivity index (χ0n) is 16.4. The molecule has 0 unspecified atom stereocenters. The van der Waals surface area contributed by atoms with E-state index in [2.05, 4.69) is 11.9 Å². The Morgan fingerprint density at radius 2 is 2.00 bits per heavy atom. The SMILES string of the molecule is Cc1nc(C(F)(F)F)ccc1S(=O)(=O)[C@H]1[C@H]2C[C@@H](N)C[C@@H]2CN1CC1(C)COC1. The minimum absolute atomic E-state index is 0.0423. The molecule has 162 valence electrons. The van der Waals surface area contributed by atoms with Gasteiger partial charge in [0.25, 0.3) is 0 Å². The molecule has 3 aliphatic rings. The highest BCUT2D eigenvalue weighted by atomic mass is 32.2. The van der Waals surface area contributed by atoms with Crippen molar-refractivity contribution in [3.8, 4) is 0 Å². The average molecular weight is 433 g/mol. The van der Waals surface area contributed by atoms with E-state index < -0.39 is 27.1 Å². The average Bonchev–Trinajstić information content (AvgIpc) is 3.07. The number of halogens is 3. The summed E-state index contributed by atoms with van der Waals surface area (Å²) in [6.45, 7) is 5.74. The Kier molecular flexibility index (Phi) is 5.00. The Bertz CT molecular complexity index is 902. The lowest BCUT2D eigenvalue weighted by Gasteiger charge is -2.42. The summed E-state index contributed by atoms with van der Waals surface area (Å²) in [5, 5.41) is -0.796. The summed E-state index contributed by atoms with van der Waals surface area (Å²) in [6, 6.07) is 1.76. The van der Waals surface area contributed by atoms with Crippen molar-refractivity contribution in [2.24, 2.45) is 23.0 Å². The third kappa shape index (κ3) is 3.68. The van der Waals surface area contributed by atoms with E-state index >= 15 is 0 Å². The van der Waals surface area contributed by atoms with E-state index in [9.17, 15) is 21.6 Å². The van der Waals surface area contributed by atoms with Crippen LogP contribution >= 0.6 is 0 Å². The number of hydrogen-bond acceptors (Lipinski definition) is 6. The van der Waals surface area contributed by atoms with Gasteiger partial charge in [-0.25, -0.2) is 13.4 Å². The van der Waals surface area contributed by atoms with Crippen LogP contribution in [0.5, 0.6) is 0 Å². The Hall–Kier alpha value is -1.23. The lowest BCUT2D eigenvalue weighted by Crippen LogP contribution is -2.52. The van der Waals surface area contributed by atoms with E-state index in [1.807, 2.05) is 4.90 Å². The Balaban J connectivity index is 1.70. The number of aryl methyl sites for hydroxylation is 1. The molecule has 4 rings (SSSR count). The van der Waals surface area contributed by atoms with Crippen molar-refractivity contribution >= 4 is 9.84 Å². The Morgan fingerprint density at radius 3 is 2.55 bits per heavy atom. The largest absolute Gasteiger partial charge is 0.433 e. The first-order valence-corrected chi connectivity index (χ1v) is 11.3. The maximum absolute atomic E-state index is 13.6. The van der Waals surface area contributed by atoms with Crippen LogP contribution in [0.15, 0.2) is 17.0 Å². The van der Waals surface area contributed by atoms with Crippen LogP contribution in [0.2, 0.25) is 0 Å². The fourth-order valence-electron chi connectivity index (χ4n) is 5.19. The molecule has 1 aromatic heterocycles. The van der Waals surface area contributed by atoms with Crippen molar-refractivity contribution in [3.63, 3.8) is 0 Å². The first-order chi connectivity index (χ1) is 13.4. The summed E-state index contributed by atoms with van der Waals surface area (Å²) in [7, 11) is -3.92. The third-order valence-corrected chi connectivity index (χ3v) is 8.75. The fraction of sp³-hybridized carbons (Fsp3) is 0.737. The highest BCUT2D eigenvalue weighted by Gasteiger charge is 2.54. The second-order valence-corrected chi connectivity index (χ2v) is 11.1. The first kappa shape index (κ1) is 21.0. The molecule has 0 amide bonds. The number of likely N-dealkylation sites (tertiary alicyclic amines) is 1. The monoisotopic (exact) mass is 433 g/mol. The van der Waals surface area contributed by atoms with Crippen molar-refractivity contribution in [1.29, 1.82) is 0 Å². The van der Waals surface area contributed by atoms with E-state index in [1.54, 1.807) is 0 Å². The second kappa shape index (κ2) is 6.90. The van der Waals surface area contributed by atoms with Crippen molar-refractivity contribution in [3.05, 3.63) is 23.5 Å². The van der Waals surface area contributed by atoms with Gasteiger partial charge in [-0.2, -0.15) is 13.2 Å². The van der Waals surface area contributed by atoms with Gasteiger partial charge in [0.2, 0.25) is 0 Å². The zero-order valence-corrected chi connectivity index (χ0v) is 17.3.